The van der Waals surface area contributed by atoms with Crippen molar-refractivity contribution in [3.63, 3.8) is 0 Å². The Bertz CT molecular complexity index is 1920. The van der Waals surface area contributed by atoms with Crippen LogP contribution in [0.15, 0.2) is 44.8 Å². The number of benzene rings is 1. The molecular formula is C32H33N7O9. The summed E-state index contributed by atoms with van der Waals surface area (Å²) in [6.07, 6.45) is 6.80. The number of guanidine groups is 1. The number of hydrogen-bond acceptors (Lipinski definition) is 12. The first kappa shape index (κ1) is 31.4. The maximum absolute atomic E-state index is 13.2. The second-order valence-electron chi connectivity index (χ2n) is 12.1. The van der Waals surface area contributed by atoms with Crippen LogP contribution in [0.5, 0.6) is 17.2 Å². The lowest BCUT2D eigenvalue weighted by Gasteiger charge is -2.37. The lowest BCUT2D eigenvalue weighted by atomic mass is 9.73. The van der Waals surface area contributed by atoms with Crippen molar-refractivity contribution in [1.29, 1.82) is 5.41 Å². The minimum absolute atomic E-state index is 0.0177. The van der Waals surface area contributed by atoms with Crippen LogP contribution in [0.4, 0.5) is 5.95 Å². The van der Waals surface area contributed by atoms with E-state index in [0.29, 0.717) is 52.6 Å². The van der Waals surface area contributed by atoms with Crippen molar-refractivity contribution >= 4 is 47.2 Å². The number of aldehydes is 1. The third-order valence-electron chi connectivity index (χ3n) is 9.24. The summed E-state index contributed by atoms with van der Waals surface area (Å²) >= 11 is 0. The fraction of sp³-hybridized carbons (Fsp3) is 0.406. The molecule has 2 aromatic rings. The van der Waals surface area contributed by atoms with Gasteiger partial charge in [0.2, 0.25) is 11.7 Å². The van der Waals surface area contributed by atoms with Gasteiger partial charge in [-0.05, 0) is 33.1 Å². The van der Waals surface area contributed by atoms with Crippen LogP contribution in [0.3, 0.4) is 0 Å². The zero-order chi connectivity index (χ0) is 33.9. The highest BCUT2D eigenvalue weighted by atomic mass is 16.6. The average molecular weight is 660 g/mol. The highest BCUT2D eigenvalue weighted by Crippen LogP contribution is 2.60. The summed E-state index contributed by atoms with van der Waals surface area (Å²) in [6.45, 7) is 3.03. The van der Waals surface area contributed by atoms with Gasteiger partial charge in [0, 0.05) is 35.7 Å². The molecule has 16 heteroatoms. The summed E-state index contributed by atoms with van der Waals surface area (Å²) < 4.78 is 25.5. The van der Waals surface area contributed by atoms with Crippen molar-refractivity contribution in [3.8, 4) is 17.2 Å². The van der Waals surface area contributed by atoms with E-state index in [2.05, 4.69) is 20.0 Å². The Balaban J connectivity index is 1.38. The second-order valence-corrected chi connectivity index (χ2v) is 12.1. The highest BCUT2D eigenvalue weighted by Gasteiger charge is 2.52. The maximum Gasteiger partial charge on any atom is 0.375 e. The van der Waals surface area contributed by atoms with Crippen LogP contribution < -0.4 is 24.2 Å². The third-order valence-corrected chi connectivity index (χ3v) is 9.24. The number of allylic oxidation sites excluding steroid dienone is 3. The minimum Gasteiger partial charge on any atom is -0.857 e. The number of ether oxygens (including phenoxy) is 4. The molecule has 4 atom stereocenters. The Hall–Kier alpha value is -5.19. The van der Waals surface area contributed by atoms with E-state index in [1.165, 1.54) is 7.11 Å². The summed E-state index contributed by atoms with van der Waals surface area (Å²) in [6, 6.07) is 0. The van der Waals surface area contributed by atoms with Crippen LogP contribution in [-0.4, -0.2) is 87.5 Å². The van der Waals surface area contributed by atoms with Gasteiger partial charge in [0.1, 0.15) is 23.4 Å². The molecule has 1 saturated carbocycles. The SMILES string of the molecule is CCOC(=O)C1=C(C=O)C(=CCn2ccnc2[NH+]2CN=C3C([O-])=NC(=N)N=C32)c2c(c(CO)c3c(c2OC)[C@H]2CCC[C@@](C)(O)[C@H]2O3)O1. The predicted octanol–water partition coefficient (Wildman–Crippen LogP) is -0.310. The number of nitrogens with zero attached hydrogens (tertiary/aromatic N) is 5. The molecule has 0 bridgehead atoms. The highest BCUT2D eigenvalue weighted by molar-refractivity contribution is 6.66. The Morgan fingerprint density at radius 3 is 2.88 bits per heavy atom. The van der Waals surface area contributed by atoms with E-state index < -0.39 is 36.1 Å². The summed E-state index contributed by atoms with van der Waals surface area (Å²) in [4.78, 5) is 43.0. The van der Waals surface area contributed by atoms with Gasteiger partial charge < -0.3 is 34.3 Å². The molecule has 0 amide bonds. The number of carbonyl (C=O) groups is 2. The van der Waals surface area contributed by atoms with Crippen LogP contribution >= 0.6 is 0 Å². The molecule has 1 aromatic heterocycles. The molecule has 0 spiro atoms. The zero-order valence-corrected chi connectivity index (χ0v) is 26.4. The summed E-state index contributed by atoms with van der Waals surface area (Å²) in [5.41, 5.74) is 0.331. The van der Waals surface area contributed by atoms with Crippen LogP contribution in [0.2, 0.25) is 0 Å². The van der Waals surface area contributed by atoms with Gasteiger partial charge in [-0.3, -0.25) is 14.8 Å². The number of nitrogens with one attached hydrogen (secondary N) is 2. The Morgan fingerprint density at radius 1 is 1.33 bits per heavy atom. The number of amidine groups is 1. The molecule has 1 unspecified atom stereocenters. The van der Waals surface area contributed by atoms with Gasteiger partial charge >= 0.3 is 11.9 Å². The summed E-state index contributed by atoms with van der Waals surface area (Å²) in [7, 11) is 1.48. The first-order valence-corrected chi connectivity index (χ1v) is 15.5. The Labute approximate surface area is 273 Å². The van der Waals surface area contributed by atoms with Gasteiger partial charge in [0.05, 0.1) is 48.8 Å². The molecule has 5 aliphatic rings. The van der Waals surface area contributed by atoms with E-state index in [9.17, 15) is 24.9 Å². The standard InChI is InChI=1S/C32H33N7O9/c1-4-46-29(43)24-17(12-40)15(7-10-38-11-9-34-31(38)39-14-35-21-27(39)36-30(33)37-28(21)42)19-22(47-24)18(13-41)23-20(25(19)45-3)16-6-5-8-32(2,44)26(16)48-23/h7,9,11-12,16,26,41,44H,4-6,8,10,13-14H2,1-3H3,(H2,33,37,42)/t16-,26+,32-/m1/s1. The lowest BCUT2D eigenvalue weighted by Crippen LogP contribution is -3.10. The van der Waals surface area contributed by atoms with E-state index in [4.69, 9.17) is 24.4 Å². The van der Waals surface area contributed by atoms with Gasteiger partial charge in [-0.25, -0.2) is 19.7 Å². The van der Waals surface area contributed by atoms with Crippen LogP contribution in [0, 0.1) is 5.41 Å². The smallest absolute Gasteiger partial charge is 0.375 e. The van der Waals surface area contributed by atoms with E-state index in [1.807, 2.05) is 0 Å². The normalized spacial score (nSPS) is 26.4. The van der Waals surface area contributed by atoms with E-state index in [-0.39, 0.29) is 65.5 Å². The molecule has 48 heavy (non-hydrogen) atoms. The molecule has 1 aliphatic carbocycles. The van der Waals surface area contributed by atoms with Crippen molar-refractivity contribution < 1.29 is 48.8 Å². The molecule has 5 heterocycles. The third kappa shape index (κ3) is 4.74. The number of aromatic nitrogens is 2. The van der Waals surface area contributed by atoms with Gasteiger partial charge in [0.25, 0.3) is 5.84 Å². The quantitative estimate of drug-likeness (QED) is 0.214. The van der Waals surface area contributed by atoms with Crippen molar-refractivity contribution in [1.82, 2.24) is 9.55 Å². The van der Waals surface area contributed by atoms with E-state index in [0.717, 1.165) is 6.42 Å². The fourth-order valence-electron chi connectivity index (χ4n) is 7.19. The first-order chi connectivity index (χ1) is 23.1. The molecule has 0 radical (unpaired) electrons. The predicted molar refractivity (Wildman–Crippen MR) is 167 cm³/mol. The number of fused-ring (bicyclic) bond motifs is 5. The van der Waals surface area contributed by atoms with Crippen LogP contribution in [0.25, 0.3) is 5.57 Å². The lowest BCUT2D eigenvalue weighted by molar-refractivity contribution is -0.730. The van der Waals surface area contributed by atoms with Crippen LogP contribution in [-0.2, 0) is 27.5 Å². The molecule has 4 aliphatic heterocycles. The van der Waals surface area contributed by atoms with Crippen molar-refractivity contribution in [2.24, 2.45) is 15.0 Å². The molecular weight excluding hydrogens is 626 g/mol. The number of aliphatic hydroxyl groups is 2. The molecule has 7 rings (SSSR count). The first-order valence-electron chi connectivity index (χ1n) is 15.5. The molecule has 1 aromatic carbocycles. The topological polar surface area (TPSA) is 218 Å². The largest absolute Gasteiger partial charge is 0.857 e. The Morgan fingerprint density at radius 2 is 2.15 bits per heavy atom. The molecule has 16 nitrogen and oxygen atoms in total. The van der Waals surface area contributed by atoms with E-state index >= 15 is 0 Å². The zero-order valence-electron chi connectivity index (χ0n) is 26.4. The number of carbonyl (C=O) groups excluding carboxylic acids is 2. The average Bonchev–Trinajstić information content (AvgIpc) is 3.79. The maximum atomic E-state index is 13.2. The van der Waals surface area contributed by atoms with Crippen molar-refractivity contribution in [3.05, 3.63) is 46.5 Å². The second kappa shape index (κ2) is 11.8. The van der Waals surface area contributed by atoms with Crippen LogP contribution in [0.1, 0.15) is 55.7 Å². The monoisotopic (exact) mass is 659 g/mol. The number of aliphatic imine (C=N–C) groups is 3. The van der Waals surface area contributed by atoms with Gasteiger partial charge in [0.15, 0.2) is 18.7 Å². The van der Waals surface area contributed by atoms with Crippen molar-refractivity contribution in [2.45, 2.75) is 63.9 Å². The fourth-order valence-corrected chi connectivity index (χ4v) is 7.19. The molecule has 4 N–H and O–H groups in total. The minimum atomic E-state index is -1.15. The number of aliphatic hydroxyl groups excluding tert-OH is 1. The molecule has 250 valence electrons. The summed E-state index contributed by atoms with van der Waals surface area (Å²) in [5.74, 6) is -1.20. The number of quaternary nitrogens is 1. The summed E-state index contributed by atoms with van der Waals surface area (Å²) in [5, 5.41) is 42.2. The number of hydrogen-bond donors (Lipinski definition) is 4. The molecule has 0 saturated heterocycles. The van der Waals surface area contributed by atoms with E-state index in [1.54, 1.807) is 36.9 Å². The number of rotatable bonds is 8. The van der Waals surface area contributed by atoms with Gasteiger partial charge in [-0.1, -0.05) is 6.08 Å². The molecule has 1 fully saturated rings. The van der Waals surface area contributed by atoms with Gasteiger partial charge in [-0.15, -0.1) is 0 Å². The number of esters is 1. The van der Waals surface area contributed by atoms with Gasteiger partial charge in [-0.2, -0.15) is 9.98 Å². The van der Waals surface area contributed by atoms with Crippen molar-refractivity contribution in [2.75, 3.05) is 20.4 Å². The number of imidazole rings is 1. The Kier molecular flexibility index (Phi) is 7.72. The number of methoxy groups -OCH3 is 1.